The molecule has 0 spiro atoms. The van der Waals surface area contributed by atoms with Gasteiger partial charge < -0.3 is 23.8 Å². The fourth-order valence-electron chi connectivity index (χ4n) is 5.56. The number of amides is 1. The van der Waals surface area contributed by atoms with Gasteiger partial charge in [-0.25, -0.2) is 4.39 Å². The Morgan fingerprint density at radius 1 is 1.05 bits per heavy atom. The summed E-state index contributed by atoms with van der Waals surface area (Å²) in [5.41, 5.74) is 1.72. The second-order valence-corrected chi connectivity index (χ2v) is 11.0. The first-order chi connectivity index (χ1) is 18.3. The highest BCUT2D eigenvalue weighted by molar-refractivity contribution is 5.84. The highest BCUT2D eigenvalue weighted by atomic mass is 19.1. The Morgan fingerprint density at radius 3 is 2.53 bits per heavy atom. The van der Waals surface area contributed by atoms with Crippen molar-refractivity contribution >= 4 is 16.8 Å². The van der Waals surface area contributed by atoms with Gasteiger partial charge in [0.1, 0.15) is 23.8 Å². The summed E-state index contributed by atoms with van der Waals surface area (Å²) in [6.07, 6.45) is 2.51. The quantitative estimate of drug-likeness (QED) is 0.445. The molecule has 2 saturated heterocycles. The molecule has 1 aromatic heterocycles. The van der Waals surface area contributed by atoms with E-state index in [2.05, 4.69) is 65.7 Å². The van der Waals surface area contributed by atoms with Crippen LogP contribution in [0.1, 0.15) is 31.9 Å². The van der Waals surface area contributed by atoms with Crippen LogP contribution in [0.2, 0.25) is 0 Å². The zero-order valence-corrected chi connectivity index (χ0v) is 22.7. The zero-order chi connectivity index (χ0) is 26.7. The molecule has 2 aliphatic heterocycles. The maximum Gasteiger partial charge on any atom is 0.225 e. The van der Waals surface area contributed by atoms with Crippen LogP contribution in [0.5, 0.6) is 5.75 Å². The second-order valence-electron chi connectivity index (χ2n) is 11.0. The Balaban J connectivity index is 1.36. The molecule has 1 atom stereocenters. The van der Waals surface area contributed by atoms with E-state index >= 15 is 0 Å². The van der Waals surface area contributed by atoms with Crippen molar-refractivity contribution < 1.29 is 18.7 Å². The lowest BCUT2D eigenvalue weighted by Crippen LogP contribution is -2.58. The summed E-state index contributed by atoms with van der Waals surface area (Å²) in [7, 11) is 2.08. The highest BCUT2D eigenvalue weighted by Crippen LogP contribution is 2.30. The number of rotatable bonds is 8. The number of ether oxygens (including phenoxy) is 2. The molecular formula is C30H39FN4O3. The van der Waals surface area contributed by atoms with E-state index in [-0.39, 0.29) is 24.8 Å². The van der Waals surface area contributed by atoms with Gasteiger partial charge in [-0.3, -0.25) is 9.69 Å². The summed E-state index contributed by atoms with van der Waals surface area (Å²) in [5.74, 6) is 0.357. The minimum atomic E-state index is -0.788. The molecule has 0 N–H and O–H groups in total. The van der Waals surface area contributed by atoms with Crippen LogP contribution in [0.25, 0.3) is 10.9 Å². The fourth-order valence-corrected chi connectivity index (χ4v) is 5.56. The number of likely N-dealkylation sites (N-methyl/N-ethyl adjacent to an activating group) is 1. The lowest BCUT2D eigenvalue weighted by Gasteiger charge is -2.43. The van der Waals surface area contributed by atoms with Crippen molar-refractivity contribution in [1.82, 2.24) is 19.3 Å². The predicted molar refractivity (Wildman–Crippen MR) is 147 cm³/mol. The molecule has 2 aromatic carbocycles. The second kappa shape index (κ2) is 11.4. The van der Waals surface area contributed by atoms with Crippen LogP contribution in [0.3, 0.4) is 0 Å². The third-order valence-electron chi connectivity index (χ3n) is 7.75. The first-order valence-corrected chi connectivity index (χ1v) is 13.6. The Bertz CT molecular complexity index is 1240. The summed E-state index contributed by atoms with van der Waals surface area (Å²) < 4.78 is 28.3. The van der Waals surface area contributed by atoms with Crippen LogP contribution in [-0.2, 0) is 16.1 Å². The number of piperazine rings is 1. The van der Waals surface area contributed by atoms with Crippen molar-refractivity contribution in [2.75, 3.05) is 59.5 Å². The summed E-state index contributed by atoms with van der Waals surface area (Å²) in [6, 6.07) is 14.9. The lowest BCUT2D eigenvalue weighted by molar-refractivity contribution is -0.157. The van der Waals surface area contributed by atoms with Gasteiger partial charge in [0.2, 0.25) is 5.91 Å². The normalized spacial score (nSPS) is 21.3. The first kappa shape index (κ1) is 26.7. The van der Waals surface area contributed by atoms with Crippen molar-refractivity contribution in [3.8, 4) is 5.75 Å². The molecule has 0 aliphatic carbocycles. The van der Waals surface area contributed by atoms with Gasteiger partial charge in [-0.1, -0.05) is 18.2 Å². The van der Waals surface area contributed by atoms with E-state index in [9.17, 15) is 9.18 Å². The Morgan fingerprint density at radius 2 is 1.79 bits per heavy atom. The molecule has 1 amide bonds. The molecule has 0 bridgehead atoms. The number of nitrogens with zero attached hydrogens (tertiary/aromatic N) is 4. The number of morpholine rings is 1. The molecule has 5 rings (SSSR count). The van der Waals surface area contributed by atoms with E-state index in [1.807, 2.05) is 4.90 Å². The number of benzene rings is 2. The third kappa shape index (κ3) is 6.03. The molecule has 2 aliphatic rings. The number of carbonyl (C=O) groups excluding carboxylic acids is 1. The number of fused-ring (bicyclic) bond motifs is 1. The topological polar surface area (TPSA) is 50.2 Å². The summed E-state index contributed by atoms with van der Waals surface area (Å²) >= 11 is 0. The molecule has 0 saturated carbocycles. The summed E-state index contributed by atoms with van der Waals surface area (Å²) in [4.78, 5) is 20.0. The number of para-hydroxylation sites is 1. The number of hydrogen-bond donors (Lipinski definition) is 0. The number of aromatic nitrogens is 1. The van der Waals surface area contributed by atoms with Crippen molar-refractivity contribution in [2.45, 2.75) is 38.5 Å². The van der Waals surface area contributed by atoms with Gasteiger partial charge in [-0.15, -0.1) is 0 Å². The molecule has 204 valence electrons. The Hall–Kier alpha value is -2.94. The molecule has 3 heterocycles. The van der Waals surface area contributed by atoms with Crippen LogP contribution in [0, 0.1) is 5.82 Å². The summed E-state index contributed by atoms with van der Waals surface area (Å²) in [6.45, 7) is 10.5. The van der Waals surface area contributed by atoms with Gasteiger partial charge in [0.25, 0.3) is 0 Å². The van der Waals surface area contributed by atoms with Crippen LogP contribution >= 0.6 is 0 Å². The first-order valence-electron chi connectivity index (χ1n) is 13.6. The standard InChI is InChI=1S/C30H39FN4O3/c1-23(2)35-20-24(27-6-4-5-7-28(27)35)19-33-16-17-38-30(21-33,22-37-26-10-8-25(31)9-11-26)18-29(36)34-14-12-32(3)13-15-34/h4-11,20,23H,12-19,21-22H2,1-3H3/t30-/m1/s1. The minimum Gasteiger partial charge on any atom is -0.491 e. The van der Waals surface area contributed by atoms with Crippen molar-refractivity contribution in [1.29, 1.82) is 0 Å². The zero-order valence-electron chi connectivity index (χ0n) is 22.7. The molecule has 2 fully saturated rings. The molecule has 38 heavy (non-hydrogen) atoms. The van der Waals surface area contributed by atoms with Gasteiger partial charge in [0.15, 0.2) is 0 Å². The molecular weight excluding hydrogens is 483 g/mol. The Kier molecular flexibility index (Phi) is 8.02. The van der Waals surface area contributed by atoms with Crippen LogP contribution in [-0.4, -0.2) is 90.3 Å². The van der Waals surface area contributed by atoms with E-state index < -0.39 is 5.60 Å². The van der Waals surface area contributed by atoms with Crippen LogP contribution in [0.15, 0.2) is 54.7 Å². The van der Waals surface area contributed by atoms with E-state index in [1.165, 1.54) is 28.6 Å². The molecule has 8 heteroatoms. The average Bonchev–Trinajstić information content (AvgIpc) is 3.28. The molecule has 7 nitrogen and oxygen atoms in total. The predicted octanol–water partition coefficient (Wildman–Crippen LogP) is 4.18. The molecule has 3 aromatic rings. The van der Waals surface area contributed by atoms with Crippen molar-refractivity contribution in [2.24, 2.45) is 0 Å². The lowest BCUT2D eigenvalue weighted by atomic mass is 9.96. The molecule has 0 radical (unpaired) electrons. The maximum absolute atomic E-state index is 13.5. The number of halogens is 1. The third-order valence-corrected chi connectivity index (χ3v) is 7.75. The van der Waals surface area contributed by atoms with Gasteiger partial charge in [0, 0.05) is 69.0 Å². The van der Waals surface area contributed by atoms with E-state index in [0.717, 1.165) is 39.3 Å². The maximum atomic E-state index is 13.5. The van der Waals surface area contributed by atoms with Gasteiger partial charge in [-0.2, -0.15) is 0 Å². The van der Waals surface area contributed by atoms with Crippen molar-refractivity contribution in [3.63, 3.8) is 0 Å². The largest absolute Gasteiger partial charge is 0.491 e. The fraction of sp³-hybridized carbons (Fsp3) is 0.500. The highest BCUT2D eigenvalue weighted by Gasteiger charge is 2.41. The Labute approximate surface area is 224 Å². The minimum absolute atomic E-state index is 0.0964. The SMILES string of the molecule is CC(C)n1cc(CN2CCO[C@](COc3ccc(F)cc3)(CC(=O)N3CCN(C)CC3)C2)c2ccccc21. The van der Waals surface area contributed by atoms with Crippen LogP contribution in [0.4, 0.5) is 4.39 Å². The van der Waals surface area contributed by atoms with Gasteiger partial charge >= 0.3 is 0 Å². The van der Waals surface area contributed by atoms with Gasteiger partial charge in [0.05, 0.1) is 13.0 Å². The van der Waals surface area contributed by atoms with E-state index in [1.54, 1.807) is 12.1 Å². The van der Waals surface area contributed by atoms with Gasteiger partial charge in [-0.05, 0) is 56.8 Å². The monoisotopic (exact) mass is 522 g/mol. The molecule has 0 unspecified atom stereocenters. The van der Waals surface area contributed by atoms with Crippen molar-refractivity contribution in [3.05, 3.63) is 66.1 Å². The van der Waals surface area contributed by atoms with E-state index in [0.29, 0.717) is 24.9 Å². The number of carbonyl (C=O) groups is 1. The van der Waals surface area contributed by atoms with E-state index in [4.69, 9.17) is 9.47 Å². The average molecular weight is 523 g/mol. The smallest absolute Gasteiger partial charge is 0.225 e. The number of hydrogen-bond acceptors (Lipinski definition) is 5. The summed E-state index contributed by atoms with van der Waals surface area (Å²) in [5, 5.41) is 1.26. The van der Waals surface area contributed by atoms with Crippen LogP contribution < -0.4 is 4.74 Å².